The van der Waals surface area contributed by atoms with Gasteiger partial charge in [-0.1, -0.05) is 15.9 Å². The lowest BCUT2D eigenvalue weighted by Gasteiger charge is -2.16. The van der Waals surface area contributed by atoms with E-state index in [1.54, 1.807) is 32.2 Å². The first kappa shape index (κ1) is 15.6. The molecule has 1 aromatic carbocycles. The fraction of sp³-hybridized carbons (Fsp3) is 0.538. The average Bonchev–Trinajstić information content (AvgIpc) is 3.18. The SMILES string of the molecule is COc1cc(Br)cc(NS(=O)(=O)C(C)CNC2CC2)c1. The number of sulfonamides is 1. The lowest BCUT2D eigenvalue weighted by Crippen LogP contribution is -2.35. The molecule has 2 rings (SSSR count). The van der Waals surface area contributed by atoms with E-state index in [4.69, 9.17) is 4.74 Å². The van der Waals surface area contributed by atoms with Crippen molar-refractivity contribution < 1.29 is 13.2 Å². The zero-order chi connectivity index (χ0) is 14.8. The van der Waals surface area contributed by atoms with Crippen LogP contribution in [0.3, 0.4) is 0 Å². The van der Waals surface area contributed by atoms with Crippen molar-refractivity contribution in [3.05, 3.63) is 22.7 Å². The maximum atomic E-state index is 12.2. The Morgan fingerprint density at radius 1 is 1.40 bits per heavy atom. The molecule has 1 saturated carbocycles. The van der Waals surface area contributed by atoms with Gasteiger partial charge in [0.05, 0.1) is 18.0 Å². The van der Waals surface area contributed by atoms with Crippen LogP contribution >= 0.6 is 15.9 Å². The minimum absolute atomic E-state index is 0.463. The molecule has 20 heavy (non-hydrogen) atoms. The summed E-state index contributed by atoms with van der Waals surface area (Å²) in [6, 6.07) is 5.64. The molecule has 2 N–H and O–H groups in total. The highest BCUT2D eigenvalue weighted by Crippen LogP contribution is 2.26. The smallest absolute Gasteiger partial charge is 0.236 e. The fourth-order valence-corrected chi connectivity index (χ4v) is 3.17. The molecule has 112 valence electrons. The number of halogens is 1. The highest BCUT2D eigenvalue weighted by molar-refractivity contribution is 9.10. The van der Waals surface area contributed by atoms with Gasteiger partial charge in [0, 0.05) is 23.1 Å². The predicted octanol–water partition coefficient (Wildman–Crippen LogP) is 2.34. The number of benzene rings is 1. The van der Waals surface area contributed by atoms with E-state index in [1.165, 1.54) is 0 Å². The summed E-state index contributed by atoms with van der Waals surface area (Å²) in [5, 5.41) is 2.74. The summed E-state index contributed by atoms with van der Waals surface area (Å²) >= 11 is 3.33. The summed E-state index contributed by atoms with van der Waals surface area (Å²) in [7, 11) is -1.87. The molecule has 5 nitrogen and oxygen atoms in total. The molecule has 1 fully saturated rings. The minimum atomic E-state index is -3.41. The third-order valence-electron chi connectivity index (χ3n) is 3.17. The van der Waals surface area contributed by atoms with Gasteiger partial charge in [0.1, 0.15) is 5.75 Å². The second kappa shape index (κ2) is 6.32. The number of methoxy groups -OCH3 is 1. The highest BCUT2D eigenvalue weighted by Gasteiger charge is 2.25. The molecule has 1 unspecified atom stereocenters. The van der Waals surface area contributed by atoms with Crippen LogP contribution < -0.4 is 14.8 Å². The van der Waals surface area contributed by atoms with Gasteiger partial charge in [0.15, 0.2) is 0 Å². The van der Waals surface area contributed by atoms with Crippen molar-refractivity contribution >= 4 is 31.6 Å². The third-order valence-corrected chi connectivity index (χ3v) is 5.37. The Bertz CT molecular complexity index is 573. The van der Waals surface area contributed by atoms with Crippen molar-refractivity contribution in [2.45, 2.75) is 31.1 Å². The van der Waals surface area contributed by atoms with Gasteiger partial charge in [0.2, 0.25) is 10.0 Å². The Labute approximate surface area is 128 Å². The minimum Gasteiger partial charge on any atom is -0.497 e. The fourth-order valence-electron chi connectivity index (χ4n) is 1.73. The number of anilines is 1. The van der Waals surface area contributed by atoms with E-state index in [1.807, 2.05) is 0 Å². The maximum absolute atomic E-state index is 12.2. The van der Waals surface area contributed by atoms with E-state index in [0.717, 1.165) is 17.3 Å². The third kappa shape index (κ3) is 4.36. The average molecular weight is 363 g/mol. The molecule has 1 atom stereocenters. The molecule has 0 spiro atoms. The Kier molecular flexibility index (Phi) is 4.93. The van der Waals surface area contributed by atoms with Gasteiger partial charge in [-0.25, -0.2) is 8.42 Å². The van der Waals surface area contributed by atoms with Crippen LogP contribution in [0.25, 0.3) is 0 Å². The van der Waals surface area contributed by atoms with Crippen LogP contribution in [-0.2, 0) is 10.0 Å². The van der Waals surface area contributed by atoms with Crippen molar-refractivity contribution in [3.8, 4) is 5.75 Å². The summed E-state index contributed by atoms with van der Waals surface area (Å²) < 4.78 is 33.0. The van der Waals surface area contributed by atoms with Crippen LogP contribution in [0.2, 0.25) is 0 Å². The molecule has 0 heterocycles. The first-order valence-electron chi connectivity index (χ1n) is 6.50. The van der Waals surface area contributed by atoms with E-state index in [0.29, 0.717) is 24.0 Å². The summed E-state index contributed by atoms with van der Waals surface area (Å²) in [6.07, 6.45) is 2.28. The van der Waals surface area contributed by atoms with E-state index < -0.39 is 15.3 Å². The van der Waals surface area contributed by atoms with Gasteiger partial charge in [-0.2, -0.15) is 0 Å². The first-order chi connectivity index (χ1) is 9.40. The van der Waals surface area contributed by atoms with Crippen LogP contribution in [0.4, 0.5) is 5.69 Å². The molecule has 0 aliphatic heterocycles. The van der Waals surface area contributed by atoms with E-state index in [2.05, 4.69) is 26.0 Å². The summed E-state index contributed by atoms with van der Waals surface area (Å²) in [4.78, 5) is 0. The van der Waals surface area contributed by atoms with E-state index in [9.17, 15) is 8.42 Å². The Morgan fingerprint density at radius 2 is 2.10 bits per heavy atom. The molecular weight excluding hydrogens is 344 g/mol. The lowest BCUT2D eigenvalue weighted by molar-refractivity contribution is 0.415. The molecule has 0 saturated heterocycles. The molecule has 7 heteroatoms. The number of hydrogen-bond donors (Lipinski definition) is 2. The molecule has 0 radical (unpaired) electrons. The Morgan fingerprint density at radius 3 is 2.70 bits per heavy atom. The quantitative estimate of drug-likeness (QED) is 0.780. The van der Waals surface area contributed by atoms with Crippen LogP contribution in [0.5, 0.6) is 5.75 Å². The van der Waals surface area contributed by atoms with Crippen molar-refractivity contribution in [2.75, 3.05) is 18.4 Å². The molecular formula is C13H19BrN2O3S. The second-order valence-electron chi connectivity index (χ2n) is 5.02. The van der Waals surface area contributed by atoms with Gasteiger partial charge < -0.3 is 10.1 Å². The Balaban J connectivity index is 2.04. The largest absolute Gasteiger partial charge is 0.497 e. The molecule has 1 aromatic rings. The van der Waals surface area contributed by atoms with Crippen LogP contribution in [-0.4, -0.2) is 33.4 Å². The van der Waals surface area contributed by atoms with Gasteiger partial charge in [0.25, 0.3) is 0 Å². The molecule has 0 amide bonds. The van der Waals surface area contributed by atoms with Crippen LogP contribution in [0.15, 0.2) is 22.7 Å². The maximum Gasteiger partial charge on any atom is 0.236 e. The molecule has 0 aromatic heterocycles. The zero-order valence-electron chi connectivity index (χ0n) is 11.5. The topological polar surface area (TPSA) is 67.4 Å². The van der Waals surface area contributed by atoms with Gasteiger partial charge in [-0.3, -0.25) is 4.72 Å². The number of nitrogens with one attached hydrogen (secondary N) is 2. The monoisotopic (exact) mass is 362 g/mol. The second-order valence-corrected chi connectivity index (χ2v) is 8.03. The highest BCUT2D eigenvalue weighted by atomic mass is 79.9. The van der Waals surface area contributed by atoms with Crippen molar-refractivity contribution in [1.29, 1.82) is 0 Å². The van der Waals surface area contributed by atoms with Crippen molar-refractivity contribution in [2.24, 2.45) is 0 Å². The number of rotatable bonds is 7. The normalized spacial score (nSPS) is 16.8. The lowest BCUT2D eigenvalue weighted by atomic mass is 10.3. The summed E-state index contributed by atoms with van der Waals surface area (Å²) in [5.41, 5.74) is 0.495. The zero-order valence-corrected chi connectivity index (χ0v) is 13.9. The van der Waals surface area contributed by atoms with Crippen molar-refractivity contribution in [3.63, 3.8) is 0 Å². The van der Waals surface area contributed by atoms with Crippen molar-refractivity contribution in [1.82, 2.24) is 5.32 Å². The van der Waals surface area contributed by atoms with Crippen LogP contribution in [0, 0.1) is 0 Å². The van der Waals surface area contributed by atoms with E-state index >= 15 is 0 Å². The van der Waals surface area contributed by atoms with Gasteiger partial charge >= 0.3 is 0 Å². The molecule has 1 aliphatic carbocycles. The summed E-state index contributed by atoms with van der Waals surface area (Å²) in [6.45, 7) is 2.16. The first-order valence-corrected chi connectivity index (χ1v) is 8.84. The molecule has 1 aliphatic rings. The summed E-state index contributed by atoms with van der Waals surface area (Å²) in [5.74, 6) is 0.598. The molecule has 0 bridgehead atoms. The van der Waals surface area contributed by atoms with Crippen LogP contribution in [0.1, 0.15) is 19.8 Å². The Hall–Kier alpha value is -0.790. The number of ether oxygens (including phenoxy) is 1. The van der Waals surface area contributed by atoms with E-state index in [-0.39, 0.29) is 0 Å². The predicted molar refractivity (Wildman–Crippen MR) is 83.7 cm³/mol. The standard InChI is InChI=1S/C13H19BrN2O3S/c1-9(8-15-11-3-4-11)20(17,18)16-12-5-10(14)6-13(7-12)19-2/h5-7,9,11,15-16H,3-4,8H2,1-2H3. The number of hydrogen-bond acceptors (Lipinski definition) is 4. The van der Waals surface area contributed by atoms with Gasteiger partial charge in [-0.15, -0.1) is 0 Å². The van der Waals surface area contributed by atoms with Gasteiger partial charge in [-0.05, 0) is 31.9 Å².